The van der Waals surface area contributed by atoms with Gasteiger partial charge < -0.3 is 10.2 Å². The standard InChI is InChI=1S/C21H23N7O/c29-18(14-27-11-9-22-10-12-27)15-28(20-6-8-24-16-25-20)21-5-1-4-19(26-21)17-3-2-7-23-13-17/h1-8,13,16,22H,9-12,14-15H2. The molecule has 0 radical (unpaired) electrons. The van der Waals surface area contributed by atoms with E-state index in [-0.39, 0.29) is 12.3 Å². The van der Waals surface area contributed by atoms with Gasteiger partial charge >= 0.3 is 0 Å². The van der Waals surface area contributed by atoms with Gasteiger partial charge in [0.1, 0.15) is 18.0 Å². The Kier molecular flexibility index (Phi) is 6.13. The number of nitrogens with zero attached hydrogens (tertiary/aromatic N) is 6. The number of anilines is 2. The number of piperazine rings is 1. The number of pyridine rings is 2. The normalized spacial score (nSPS) is 14.5. The van der Waals surface area contributed by atoms with Crippen molar-refractivity contribution in [2.75, 3.05) is 44.2 Å². The predicted molar refractivity (Wildman–Crippen MR) is 111 cm³/mol. The van der Waals surface area contributed by atoms with Gasteiger partial charge in [-0.15, -0.1) is 0 Å². The van der Waals surface area contributed by atoms with E-state index >= 15 is 0 Å². The second-order valence-electron chi connectivity index (χ2n) is 6.84. The highest BCUT2D eigenvalue weighted by atomic mass is 16.1. The molecule has 1 N–H and O–H groups in total. The van der Waals surface area contributed by atoms with Crippen LogP contribution < -0.4 is 10.2 Å². The molecule has 3 aromatic rings. The smallest absolute Gasteiger partial charge is 0.166 e. The summed E-state index contributed by atoms with van der Waals surface area (Å²) in [4.78, 5) is 34.1. The van der Waals surface area contributed by atoms with E-state index in [4.69, 9.17) is 4.98 Å². The topological polar surface area (TPSA) is 87.1 Å². The number of ketones is 1. The van der Waals surface area contributed by atoms with E-state index in [1.807, 2.05) is 35.2 Å². The molecule has 0 aromatic carbocycles. The molecule has 0 bridgehead atoms. The molecule has 0 aliphatic carbocycles. The van der Waals surface area contributed by atoms with Crippen molar-refractivity contribution in [2.24, 2.45) is 0 Å². The average molecular weight is 389 g/mol. The van der Waals surface area contributed by atoms with Crippen molar-refractivity contribution in [3.63, 3.8) is 0 Å². The minimum Gasteiger partial charge on any atom is -0.314 e. The maximum Gasteiger partial charge on any atom is 0.166 e. The van der Waals surface area contributed by atoms with Crippen molar-refractivity contribution in [2.45, 2.75) is 0 Å². The Labute approximate surface area is 169 Å². The number of carbonyl (C=O) groups excluding carboxylic acids is 1. The summed E-state index contributed by atoms with van der Waals surface area (Å²) in [5.74, 6) is 1.43. The van der Waals surface area contributed by atoms with E-state index in [1.165, 1.54) is 6.33 Å². The lowest BCUT2D eigenvalue weighted by Crippen LogP contribution is -2.46. The molecule has 1 saturated heterocycles. The Balaban J connectivity index is 1.59. The van der Waals surface area contributed by atoms with Gasteiger partial charge in [-0.1, -0.05) is 6.07 Å². The molecule has 1 aliphatic heterocycles. The molecule has 29 heavy (non-hydrogen) atoms. The second kappa shape index (κ2) is 9.31. The zero-order chi connectivity index (χ0) is 19.9. The number of hydrogen-bond acceptors (Lipinski definition) is 8. The van der Waals surface area contributed by atoms with E-state index in [0.29, 0.717) is 18.2 Å². The monoisotopic (exact) mass is 389 g/mol. The number of nitrogens with one attached hydrogen (secondary N) is 1. The lowest BCUT2D eigenvalue weighted by atomic mass is 10.2. The molecule has 8 nitrogen and oxygen atoms in total. The van der Waals surface area contributed by atoms with E-state index in [9.17, 15) is 4.79 Å². The molecule has 4 heterocycles. The Bertz CT molecular complexity index is 930. The van der Waals surface area contributed by atoms with Crippen LogP contribution in [-0.2, 0) is 4.79 Å². The van der Waals surface area contributed by atoms with E-state index in [0.717, 1.165) is 37.4 Å². The molecule has 8 heteroatoms. The van der Waals surface area contributed by atoms with Gasteiger partial charge in [0.15, 0.2) is 5.78 Å². The first kappa shape index (κ1) is 19.1. The first-order valence-electron chi connectivity index (χ1n) is 9.65. The van der Waals surface area contributed by atoms with Gasteiger partial charge in [-0.2, -0.15) is 0 Å². The summed E-state index contributed by atoms with van der Waals surface area (Å²) < 4.78 is 0. The van der Waals surface area contributed by atoms with Crippen LogP contribution in [0.15, 0.2) is 61.3 Å². The summed E-state index contributed by atoms with van der Waals surface area (Å²) in [6, 6.07) is 11.4. The van der Waals surface area contributed by atoms with E-state index in [2.05, 4.69) is 25.2 Å². The van der Waals surface area contributed by atoms with Crippen molar-refractivity contribution in [1.29, 1.82) is 0 Å². The minimum absolute atomic E-state index is 0.124. The highest BCUT2D eigenvalue weighted by molar-refractivity contribution is 5.87. The summed E-state index contributed by atoms with van der Waals surface area (Å²) in [6.07, 6.45) is 6.65. The lowest BCUT2D eigenvalue weighted by Gasteiger charge is -2.28. The van der Waals surface area contributed by atoms with Gasteiger partial charge in [0.05, 0.1) is 18.8 Å². The summed E-state index contributed by atoms with van der Waals surface area (Å²) in [6.45, 7) is 4.22. The van der Waals surface area contributed by atoms with Gasteiger partial charge in [0.2, 0.25) is 0 Å². The average Bonchev–Trinajstić information content (AvgIpc) is 2.79. The Morgan fingerprint density at radius 2 is 1.93 bits per heavy atom. The van der Waals surface area contributed by atoms with Crippen LogP contribution in [0.1, 0.15) is 0 Å². The number of carbonyl (C=O) groups is 1. The molecule has 0 amide bonds. The molecule has 3 aromatic heterocycles. The maximum atomic E-state index is 12.8. The number of rotatable bonds is 7. The van der Waals surface area contributed by atoms with Gasteiger partial charge in [-0.25, -0.2) is 15.0 Å². The van der Waals surface area contributed by atoms with Crippen molar-refractivity contribution >= 4 is 17.4 Å². The fourth-order valence-corrected chi connectivity index (χ4v) is 3.32. The van der Waals surface area contributed by atoms with Crippen molar-refractivity contribution in [3.05, 3.63) is 61.3 Å². The van der Waals surface area contributed by atoms with Crippen LogP contribution in [0.2, 0.25) is 0 Å². The SMILES string of the molecule is O=C(CN1CCNCC1)CN(c1ccncn1)c1cccc(-c2cccnc2)n1. The number of Topliss-reactive ketones (excluding diaryl/α,β-unsaturated/α-hetero) is 1. The van der Waals surface area contributed by atoms with Crippen LogP contribution in [0.4, 0.5) is 11.6 Å². The number of hydrogen-bond donors (Lipinski definition) is 1. The van der Waals surface area contributed by atoms with Gasteiger partial charge in [-0.3, -0.25) is 14.7 Å². The van der Waals surface area contributed by atoms with Crippen LogP contribution in [0.25, 0.3) is 11.3 Å². The van der Waals surface area contributed by atoms with Gasteiger partial charge in [0, 0.05) is 50.3 Å². The molecule has 0 unspecified atom stereocenters. The van der Waals surface area contributed by atoms with Crippen molar-refractivity contribution in [3.8, 4) is 11.3 Å². The Morgan fingerprint density at radius 3 is 2.69 bits per heavy atom. The van der Waals surface area contributed by atoms with E-state index in [1.54, 1.807) is 24.7 Å². The zero-order valence-electron chi connectivity index (χ0n) is 16.1. The molecule has 1 fully saturated rings. The Morgan fingerprint density at radius 1 is 1.03 bits per heavy atom. The highest BCUT2D eigenvalue weighted by Gasteiger charge is 2.20. The molecule has 4 rings (SSSR count). The Hall–Kier alpha value is -3.23. The molecular weight excluding hydrogens is 366 g/mol. The van der Waals surface area contributed by atoms with Crippen molar-refractivity contribution in [1.82, 2.24) is 30.2 Å². The van der Waals surface area contributed by atoms with Crippen molar-refractivity contribution < 1.29 is 4.79 Å². The first-order chi connectivity index (χ1) is 14.3. The quantitative estimate of drug-likeness (QED) is 0.651. The van der Waals surface area contributed by atoms with Gasteiger partial charge in [-0.05, 0) is 30.3 Å². The summed E-state index contributed by atoms with van der Waals surface area (Å²) in [5, 5.41) is 3.31. The maximum absolute atomic E-state index is 12.8. The van der Waals surface area contributed by atoms with Crippen LogP contribution in [0.3, 0.4) is 0 Å². The highest BCUT2D eigenvalue weighted by Crippen LogP contribution is 2.24. The molecular formula is C21H23N7O. The molecule has 1 aliphatic rings. The number of aromatic nitrogens is 4. The molecule has 148 valence electrons. The molecule has 0 spiro atoms. The zero-order valence-corrected chi connectivity index (χ0v) is 16.1. The minimum atomic E-state index is 0.124. The first-order valence-corrected chi connectivity index (χ1v) is 9.65. The summed E-state index contributed by atoms with van der Waals surface area (Å²) in [5.41, 5.74) is 1.72. The fourth-order valence-electron chi connectivity index (χ4n) is 3.32. The summed E-state index contributed by atoms with van der Waals surface area (Å²) in [7, 11) is 0. The van der Waals surface area contributed by atoms with E-state index < -0.39 is 0 Å². The largest absolute Gasteiger partial charge is 0.314 e. The lowest BCUT2D eigenvalue weighted by molar-refractivity contribution is -0.118. The fraction of sp³-hybridized carbons (Fsp3) is 0.286. The van der Waals surface area contributed by atoms with Crippen LogP contribution in [-0.4, -0.2) is 69.9 Å². The van der Waals surface area contributed by atoms with Crippen LogP contribution >= 0.6 is 0 Å². The third kappa shape index (κ3) is 4.98. The van der Waals surface area contributed by atoms with Crippen LogP contribution in [0.5, 0.6) is 0 Å². The van der Waals surface area contributed by atoms with Gasteiger partial charge in [0.25, 0.3) is 0 Å². The third-order valence-electron chi connectivity index (χ3n) is 4.76. The van der Waals surface area contributed by atoms with Crippen LogP contribution in [0, 0.1) is 0 Å². The second-order valence-corrected chi connectivity index (χ2v) is 6.84. The molecule has 0 saturated carbocycles. The predicted octanol–water partition coefficient (Wildman–Crippen LogP) is 1.55. The third-order valence-corrected chi connectivity index (χ3v) is 4.76. The molecule has 0 atom stereocenters. The summed E-state index contributed by atoms with van der Waals surface area (Å²) >= 11 is 0.